The highest BCUT2D eigenvalue weighted by molar-refractivity contribution is 6.01. The maximum Gasteiger partial charge on any atom is 0.312 e. The number of aromatic nitrogens is 3. The van der Waals surface area contributed by atoms with E-state index in [-0.39, 0.29) is 18.0 Å². The molecule has 1 N–H and O–H groups in total. The van der Waals surface area contributed by atoms with Crippen LogP contribution in [0.25, 0.3) is 10.9 Å². The Hall–Kier alpha value is -3.29. The number of carbonyl (C=O) groups is 2. The van der Waals surface area contributed by atoms with Gasteiger partial charge in [-0.2, -0.15) is 0 Å². The molecule has 5 rings (SSSR count). The van der Waals surface area contributed by atoms with Crippen LogP contribution in [-0.4, -0.2) is 57.6 Å². The van der Waals surface area contributed by atoms with E-state index in [0.29, 0.717) is 44.6 Å². The number of methoxy groups -OCH3 is 1. The number of ether oxygens (including phenoxy) is 2. The van der Waals surface area contributed by atoms with Gasteiger partial charge in [0.15, 0.2) is 0 Å². The van der Waals surface area contributed by atoms with Crippen molar-refractivity contribution >= 4 is 22.8 Å². The number of hydrogen-bond donors (Lipinski definition) is 1. The zero-order chi connectivity index (χ0) is 21.6. The predicted molar refractivity (Wildman–Crippen MR) is 114 cm³/mol. The lowest BCUT2D eigenvalue weighted by Gasteiger charge is -2.36. The minimum Gasteiger partial charge on any atom is -0.497 e. The third-order valence-electron chi connectivity index (χ3n) is 6.79. The Balaban J connectivity index is 1.28. The number of esters is 1. The topological polar surface area (TPSA) is 89.5 Å². The molecule has 1 amide bonds. The number of piperidine rings is 1. The molecule has 2 aromatic heterocycles. The Kier molecular flexibility index (Phi) is 4.72. The third kappa shape index (κ3) is 3.36. The number of cyclic esters (lactones) is 1. The van der Waals surface area contributed by atoms with Crippen LogP contribution in [0.3, 0.4) is 0 Å². The monoisotopic (exact) mass is 422 g/mol. The van der Waals surface area contributed by atoms with Crippen molar-refractivity contribution in [2.75, 3.05) is 20.2 Å². The fourth-order valence-electron chi connectivity index (χ4n) is 4.92. The Bertz CT molecular complexity index is 1130. The van der Waals surface area contributed by atoms with E-state index in [4.69, 9.17) is 9.47 Å². The number of benzene rings is 1. The third-order valence-corrected chi connectivity index (χ3v) is 6.79. The summed E-state index contributed by atoms with van der Waals surface area (Å²) in [5.41, 5.74) is 1.95. The molecule has 2 aliphatic rings. The number of likely N-dealkylation sites (tertiary alicyclic amines) is 1. The van der Waals surface area contributed by atoms with Gasteiger partial charge in [0.1, 0.15) is 17.5 Å². The van der Waals surface area contributed by atoms with Gasteiger partial charge in [0.2, 0.25) is 0 Å². The van der Waals surface area contributed by atoms with Crippen LogP contribution >= 0.6 is 0 Å². The van der Waals surface area contributed by atoms with Crippen LogP contribution in [0.4, 0.5) is 0 Å². The second-order valence-electron chi connectivity index (χ2n) is 8.60. The molecular formula is C23H26N4O4. The molecule has 162 valence electrons. The van der Waals surface area contributed by atoms with E-state index in [1.807, 2.05) is 40.8 Å². The fourth-order valence-corrected chi connectivity index (χ4v) is 4.92. The number of rotatable bonds is 4. The van der Waals surface area contributed by atoms with E-state index < -0.39 is 5.41 Å². The van der Waals surface area contributed by atoms with Gasteiger partial charge in [-0.05, 0) is 43.5 Å². The molecule has 0 aliphatic carbocycles. The number of imidazole rings is 1. The number of nitrogens with one attached hydrogen (secondary N) is 1. The number of nitrogens with zero attached hydrogens (tertiary/aromatic N) is 3. The predicted octanol–water partition coefficient (Wildman–Crippen LogP) is 2.92. The zero-order valence-electron chi connectivity index (χ0n) is 17.8. The smallest absolute Gasteiger partial charge is 0.312 e. The van der Waals surface area contributed by atoms with Gasteiger partial charge in [0, 0.05) is 42.8 Å². The van der Waals surface area contributed by atoms with Gasteiger partial charge in [0.05, 0.1) is 25.4 Å². The van der Waals surface area contributed by atoms with Gasteiger partial charge in [0.25, 0.3) is 5.91 Å². The highest BCUT2D eigenvalue weighted by Gasteiger charge is 2.51. The van der Waals surface area contributed by atoms with Crippen molar-refractivity contribution < 1.29 is 19.1 Å². The Morgan fingerprint density at radius 1 is 1.35 bits per heavy atom. The lowest BCUT2D eigenvalue weighted by Crippen LogP contribution is -2.45. The van der Waals surface area contributed by atoms with E-state index in [0.717, 1.165) is 22.2 Å². The van der Waals surface area contributed by atoms with Gasteiger partial charge < -0.3 is 23.9 Å². The SMILES string of the molecule is COc1ccc2[nH]c(C(=O)N3CCC4(CC3)CC(Cn3ccnc3)OC4=O)c(C)c2c1. The molecule has 2 saturated heterocycles. The van der Waals surface area contributed by atoms with E-state index in [1.54, 1.807) is 19.6 Å². The molecule has 4 heterocycles. The van der Waals surface area contributed by atoms with Crippen molar-refractivity contribution in [2.45, 2.75) is 38.8 Å². The second kappa shape index (κ2) is 7.44. The van der Waals surface area contributed by atoms with Crippen LogP contribution in [0, 0.1) is 12.3 Å². The molecule has 8 heteroatoms. The molecule has 3 aromatic rings. The normalized spacial score (nSPS) is 20.4. The molecule has 1 spiro atoms. The Morgan fingerprint density at radius 2 is 2.16 bits per heavy atom. The van der Waals surface area contributed by atoms with Crippen LogP contribution in [0.15, 0.2) is 36.9 Å². The van der Waals surface area contributed by atoms with Gasteiger partial charge in [-0.3, -0.25) is 9.59 Å². The Labute approximate surface area is 180 Å². The first-order chi connectivity index (χ1) is 15.0. The van der Waals surface area contributed by atoms with Crippen LogP contribution in [0.2, 0.25) is 0 Å². The maximum absolute atomic E-state index is 13.2. The van der Waals surface area contributed by atoms with Gasteiger partial charge in [-0.25, -0.2) is 4.98 Å². The summed E-state index contributed by atoms with van der Waals surface area (Å²) in [6.45, 7) is 3.66. The molecule has 2 fully saturated rings. The molecule has 8 nitrogen and oxygen atoms in total. The average molecular weight is 422 g/mol. The minimum absolute atomic E-state index is 0.0242. The summed E-state index contributed by atoms with van der Waals surface area (Å²) in [5.74, 6) is 0.612. The Morgan fingerprint density at radius 3 is 2.87 bits per heavy atom. The molecule has 1 unspecified atom stereocenters. The fraction of sp³-hybridized carbons (Fsp3) is 0.435. The highest BCUT2D eigenvalue weighted by Crippen LogP contribution is 2.43. The molecule has 1 aromatic carbocycles. The van der Waals surface area contributed by atoms with E-state index in [9.17, 15) is 9.59 Å². The first-order valence-corrected chi connectivity index (χ1v) is 10.6. The van der Waals surface area contributed by atoms with Crippen molar-refractivity contribution in [1.82, 2.24) is 19.4 Å². The number of amides is 1. The zero-order valence-corrected chi connectivity index (χ0v) is 17.8. The van der Waals surface area contributed by atoms with Gasteiger partial charge in [-0.1, -0.05) is 0 Å². The lowest BCUT2D eigenvalue weighted by atomic mass is 9.76. The average Bonchev–Trinajstić information content (AvgIpc) is 3.48. The van der Waals surface area contributed by atoms with Crippen molar-refractivity contribution in [3.63, 3.8) is 0 Å². The van der Waals surface area contributed by atoms with E-state index >= 15 is 0 Å². The highest BCUT2D eigenvalue weighted by atomic mass is 16.6. The number of aryl methyl sites for hydroxylation is 1. The van der Waals surface area contributed by atoms with Crippen LogP contribution < -0.4 is 4.74 Å². The molecular weight excluding hydrogens is 396 g/mol. The lowest BCUT2D eigenvalue weighted by molar-refractivity contribution is -0.150. The van der Waals surface area contributed by atoms with Gasteiger partial charge in [-0.15, -0.1) is 0 Å². The number of H-pyrrole nitrogens is 1. The second-order valence-corrected chi connectivity index (χ2v) is 8.60. The van der Waals surface area contributed by atoms with E-state index in [2.05, 4.69) is 9.97 Å². The number of aromatic amines is 1. The van der Waals surface area contributed by atoms with E-state index in [1.165, 1.54) is 0 Å². The minimum atomic E-state index is -0.481. The number of carbonyl (C=O) groups excluding carboxylic acids is 2. The van der Waals surface area contributed by atoms with Crippen LogP contribution in [0.5, 0.6) is 5.75 Å². The van der Waals surface area contributed by atoms with Crippen molar-refractivity contribution in [3.8, 4) is 5.75 Å². The molecule has 2 aliphatic heterocycles. The molecule has 0 saturated carbocycles. The molecule has 0 bridgehead atoms. The van der Waals surface area contributed by atoms with Crippen LogP contribution in [-0.2, 0) is 16.1 Å². The standard InChI is InChI=1S/C23H26N4O4/c1-15-18-11-16(30-2)3-4-19(18)25-20(15)21(28)27-8-5-23(6-9-27)12-17(31-22(23)29)13-26-10-7-24-14-26/h3-4,7,10-11,14,17,25H,5-6,8-9,12-13H2,1-2H3. The number of hydrogen-bond acceptors (Lipinski definition) is 5. The molecule has 31 heavy (non-hydrogen) atoms. The summed E-state index contributed by atoms with van der Waals surface area (Å²) in [6.07, 6.45) is 7.14. The quantitative estimate of drug-likeness (QED) is 0.653. The maximum atomic E-state index is 13.2. The number of fused-ring (bicyclic) bond motifs is 1. The summed E-state index contributed by atoms with van der Waals surface area (Å²) >= 11 is 0. The molecule has 0 radical (unpaired) electrons. The summed E-state index contributed by atoms with van der Waals surface area (Å²) < 4.78 is 12.9. The van der Waals surface area contributed by atoms with Crippen molar-refractivity contribution in [1.29, 1.82) is 0 Å². The summed E-state index contributed by atoms with van der Waals surface area (Å²) in [7, 11) is 1.63. The first kappa shape index (κ1) is 19.7. The molecule has 1 atom stereocenters. The van der Waals surface area contributed by atoms with Crippen LogP contribution in [0.1, 0.15) is 35.3 Å². The van der Waals surface area contributed by atoms with Crippen molar-refractivity contribution in [2.24, 2.45) is 5.41 Å². The summed E-state index contributed by atoms with van der Waals surface area (Å²) in [4.78, 5) is 35.1. The summed E-state index contributed by atoms with van der Waals surface area (Å²) in [6, 6.07) is 5.75. The largest absolute Gasteiger partial charge is 0.497 e. The van der Waals surface area contributed by atoms with Crippen molar-refractivity contribution in [3.05, 3.63) is 48.2 Å². The van der Waals surface area contributed by atoms with Gasteiger partial charge >= 0.3 is 5.97 Å². The summed E-state index contributed by atoms with van der Waals surface area (Å²) in [5, 5.41) is 0.984. The first-order valence-electron chi connectivity index (χ1n) is 10.6.